The van der Waals surface area contributed by atoms with Gasteiger partial charge in [0.25, 0.3) is 0 Å². The van der Waals surface area contributed by atoms with Crippen molar-refractivity contribution in [2.75, 3.05) is 24.4 Å². The molecule has 1 N–H and O–H groups in total. The number of nitrogens with zero attached hydrogens (tertiary/aromatic N) is 1. The SMILES string of the molecule is Cc1ccc2c(O)cc3c(c2c1)C(CCl)CN3C. The Kier molecular flexibility index (Phi) is 2.63. The normalized spacial score (nSPS) is 18.4. The van der Waals surface area contributed by atoms with Crippen molar-refractivity contribution in [3.8, 4) is 5.75 Å². The predicted molar refractivity (Wildman–Crippen MR) is 77.1 cm³/mol. The fourth-order valence-corrected chi connectivity index (χ4v) is 3.17. The molecule has 1 heterocycles. The van der Waals surface area contributed by atoms with Crippen molar-refractivity contribution >= 4 is 28.1 Å². The zero-order valence-electron chi connectivity index (χ0n) is 10.6. The third kappa shape index (κ3) is 1.56. The van der Waals surface area contributed by atoms with Crippen molar-refractivity contribution in [2.24, 2.45) is 0 Å². The number of rotatable bonds is 1. The quantitative estimate of drug-likeness (QED) is 0.793. The van der Waals surface area contributed by atoms with Crippen molar-refractivity contribution in [1.82, 2.24) is 0 Å². The molecular formula is C15H16ClNO. The van der Waals surface area contributed by atoms with Gasteiger partial charge in [0.2, 0.25) is 0 Å². The average Bonchev–Trinajstić information content (AvgIpc) is 2.66. The summed E-state index contributed by atoms with van der Waals surface area (Å²) in [7, 11) is 2.05. The highest BCUT2D eigenvalue weighted by molar-refractivity contribution is 6.18. The summed E-state index contributed by atoms with van der Waals surface area (Å²) in [5.41, 5.74) is 3.60. The highest BCUT2D eigenvalue weighted by Gasteiger charge is 2.28. The first kappa shape index (κ1) is 11.7. The Bertz CT molecular complexity index is 623. The van der Waals surface area contributed by atoms with E-state index in [9.17, 15) is 5.11 Å². The number of halogens is 1. The Balaban J connectivity index is 2.39. The number of phenols is 1. The van der Waals surface area contributed by atoms with Gasteiger partial charge in [0, 0.05) is 42.5 Å². The molecule has 0 saturated carbocycles. The van der Waals surface area contributed by atoms with E-state index in [0.717, 1.165) is 23.0 Å². The number of alkyl halides is 1. The van der Waals surface area contributed by atoms with Gasteiger partial charge in [-0.15, -0.1) is 11.6 Å². The van der Waals surface area contributed by atoms with Crippen LogP contribution in [0, 0.1) is 6.92 Å². The molecule has 0 aromatic heterocycles. The van der Waals surface area contributed by atoms with Gasteiger partial charge in [0.15, 0.2) is 0 Å². The molecule has 1 unspecified atom stereocenters. The van der Waals surface area contributed by atoms with Gasteiger partial charge in [0.05, 0.1) is 0 Å². The number of fused-ring (bicyclic) bond motifs is 3. The predicted octanol–water partition coefficient (Wildman–Crippen LogP) is 3.63. The standard InChI is InChI=1S/C15H16ClNO/c1-9-3-4-11-12(5-9)15-10(7-16)8-17(2)13(15)6-14(11)18/h3-6,10,18H,7-8H2,1-2H3. The Hall–Kier alpha value is -1.41. The maximum Gasteiger partial charge on any atom is 0.125 e. The monoisotopic (exact) mass is 261 g/mol. The second-order valence-corrected chi connectivity index (χ2v) is 5.42. The molecule has 18 heavy (non-hydrogen) atoms. The number of aromatic hydroxyl groups is 1. The molecule has 2 aromatic carbocycles. The number of hydrogen-bond acceptors (Lipinski definition) is 2. The van der Waals surface area contributed by atoms with Crippen molar-refractivity contribution in [3.63, 3.8) is 0 Å². The number of benzene rings is 2. The highest BCUT2D eigenvalue weighted by atomic mass is 35.5. The summed E-state index contributed by atoms with van der Waals surface area (Å²) in [5, 5.41) is 12.2. The van der Waals surface area contributed by atoms with Gasteiger partial charge in [-0.3, -0.25) is 0 Å². The highest BCUT2D eigenvalue weighted by Crippen LogP contribution is 2.44. The summed E-state index contributed by atoms with van der Waals surface area (Å²) < 4.78 is 0. The van der Waals surface area contributed by atoms with E-state index in [-0.39, 0.29) is 0 Å². The lowest BCUT2D eigenvalue weighted by Crippen LogP contribution is -2.15. The second kappa shape index (κ2) is 4.06. The summed E-state index contributed by atoms with van der Waals surface area (Å²) >= 11 is 6.09. The lowest BCUT2D eigenvalue weighted by atomic mass is 9.94. The van der Waals surface area contributed by atoms with Gasteiger partial charge >= 0.3 is 0 Å². The van der Waals surface area contributed by atoms with Crippen LogP contribution in [0.4, 0.5) is 5.69 Å². The van der Waals surface area contributed by atoms with Gasteiger partial charge in [-0.05, 0) is 17.9 Å². The summed E-state index contributed by atoms with van der Waals surface area (Å²) in [6.07, 6.45) is 0. The van der Waals surface area contributed by atoms with Gasteiger partial charge in [0.1, 0.15) is 5.75 Å². The molecule has 0 fully saturated rings. The van der Waals surface area contributed by atoms with Gasteiger partial charge in [-0.25, -0.2) is 0 Å². The van der Waals surface area contributed by atoms with Gasteiger partial charge in [-0.1, -0.05) is 23.8 Å². The Labute approximate surface area is 112 Å². The summed E-state index contributed by atoms with van der Waals surface area (Å²) in [5.74, 6) is 1.31. The minimum Gasteiger partial charge on any atom is -0.507 e. The molecule has 94 valence electrons. The van der Waals surface area contributed by atoms with E-state index in [1.54, 1.807) is 0 Å². The zero-order valence-corrected chi connectivity index (χ0v) is 11.3. The maximum atomic E-state index is 10.1. The van der Waals surface area contributed by atoms with Crippen LogP contribution in [0.15, 0.2) is 24.3 Å². The maximum absolute atomic E-state index is 10.1. The third-order valence-electron chi connectivity index (χ3n) is 3.79. The number of phenolic OH excluding ortho intramolecular Hbond substituents is 1. The fraction of sp³-hybridized carbons (Fsp3) is 0.333. The van der Waals surface area contributed by atoms with E-state index in [4.69, 9.17) is 11.6 Å². The van der Waals surface area contributed by atoms with Crippen molar-refractivity contribution < 1.29 is 5.11 Å². The lowest BCUT2D eigenvalue weighted by Gasteiger charge is -2.14. The molecule has 1 aliphatic heterocycles. The lowest BCUT2D eigenvalue weighted by molar-refractivity contribution is 0.481. The third-order valence-corrected chi connectivity index (χ3v) is 4.16. The van der Waals surface area contributed by atoms with Crippen LogP contribution < -0.4 is 4.90 Å². The number of hydrogen-bond donors (Lipinski definition) is 1. The second-order valence-electron chi connectivity index (χ2n) is 5.11. The molecule has 0 amide bonds. The molecule has 0 saturated heterocycles. The van der Waals surface area contributed by atoms with E-state index in [1.165, 1.54) is 11.1 Å². The van der Waals surface area contributed by atoms with Crippen LogP contribution in [0.2, 0.25) is 0 Å². The first-order valence-electron chi connectivity index (χ1n) is 6.15. The van der Waals surface area contributed by atoms with Crippen molar-refractivity contribution in [3.05, 3.63) is 35.4 Å². The molecule has 0 bridgehead atoms. The van der Waals surface area contributed by atoms with Crippen LogP contribution in [-0.4, -0.2) is 24.6 Å². The molecule has 2 nitrogen and oxygen atoms in total. The molecule has 1 atom stereocenters. The van der Waals surface area contributed by atoms with Crippen LogP contribution >= 0.6 is 11.6 Å². The van der Waals surface area contributed by atoms with Crippen LogP contribution in [0.3, 0.4) is 0 Å². The van der Waals surface area contributed by atoms with Crippen LogP contribution in [0.1, 0.15) is 17.0 Å². The topological polar surface area (TPSA) is 23.5 Å². The van der Waals surface area contributed by atoms with Gasteiger partial charge < -0.3 is 10.0 Å². The molecule has 0 aliphatic carbocycles. The van der Waals surface area contributed by atoms with Crippen LogP contribution in [0.25, 0.3) is 10.8 Å². The molecular weight excluding hydrogens is 246 g/mol. The molecule has 0 radical (unpaired) electrons. The van der Waals surface area contributed by atoms with E-state index < -0.39 is 0 Å². The van der Waals surface area contributed by atoms with Crippen molar-refractivity contribution in [2.45, 2.75) is 12.8 Å². The largest absolute Gasteiger partial charge is 0.507 e. The van der Waals surface area contributed by atoms with Crippen LogP contribution in [0.5, 0.6) is 5.75 Å². The van der Waals surface area contributed by atoms with Crippen LogP contribution in [-0.2, 0) is 0 Å². The number of likely N-dealkylation sites (N-methyl/N-ethyl adjacent to an activating group) is 1. The fourth-order valence-electron chi connectivity index (χ4n) is 2.92. The average molecular weight is 262 g/mol. The molecule has 1 aliphatic rings. The molecule has 3 rings (SSSR count). The Morgan fingerprint density at radius 3 is 2.83 bits per heavy atom. The Morgan fingerprint density at radius 2 is 2.11 bits per heavy atom. The summed E-state index contributed by atoms with van der Waals surface area (Å²) in [6.45, 7) is 3.00. The first-order chi connectivity index (χ1) is 8.61. The summed E-state index contributed by atoms with van der Waals surface area (Å²) in [6, 6.07) is 8.03. The number of aryl methyl sites for hydroxylation is 1. The summed E-state index contributed by atoms with van der Waals surface area (Å²) in [4.78, 5) is 2.17. The van der Waals surface area contributed by atoms with E-state index in [0.29, 0.717) is 17.5 Å². The molecule has 2 aromatic rings. The van der Waals surface area contributed by atoms with E-state index >= 15 is 0 Å². The zero-order chi connectivity index (χ0) is 12.9. The van der Waals surface area contributed by atoms with Gasteiger partial charge in [-0.2, -0.15) is 0 Å². The van der Waals surface area contributed by atoms with E-state index in [1.807, 2.05) is 25.2 Å². The van der Waals surface area contributed by atoms with Crippen molar-refractivity contribution in [1.29, 1.82) is 0 Å². The minimum absolute atomic E-state index is 0.344. The smallest absolute Gasteiger partial charge is 0.125 e. The minimum atomic E-state index is 0.344. The first-order valence-corrected chi connectivity index (χ1v) is 6.68. The van der Waals surface area contributed by atoms with E-state index in [2.05, 4.69) is 17.9 Å². The number of anilines is 1. The molecule has 3 heteroatoms. The Morgan fingerprint density at radius 1 is 1.33 bits per heavy atom. The molecule has 0 spiro atoms.